The molecule has 2 aromatic rings. The maximum atomic E-state index is 14.9. The van der Waals surface area contributed by atoms with Crippen molar-refractivity contribution in [2.75, 3.05) is 6.61 Å². The molecule has 0 radical (unpaired) electrons. The summed E-state index contributed by atoms with van der Waals surface area (Å²) in [5.74, 6) is -8.32. The monoisotopic (exact) mass is 670 g/mol. The first-order chi connectivity index (χ1) is 22.4. The second-order valence-electron chi connectivity index (χ2n) is 13.4. The fraction of sp³-hybridized carbons (Fsp3) is 0.568. The van der Waals surface area contributed by atoms with Gasteiger partial charge in [-0.3, -0.25) is 0 Å². The minimum Gasteiger partial charge on any atom is -0.432 e. The molecule has 0 aromatic heterocycles. The molecule has 2 aliphatic carbocycles. The number of benzene rings is 2. The van der Waals surface area contributed by atoms with Crippen LogP contribution in [0.4, 0.5) is 35.1 Å². The minimum atomic E-state index is -3.63. The third kappa shape index (κ3) is 8.78. The van der Waals surface area contributed by atoms with Crippen molar-refractivity contribution in [1.82, 2.24) is 0 Å². The van der Waals surface area contributed by atoms with Crippen molar-refractivity contribution in [3.05, 3.63) is 82.7 Å². The highest BCUT2D eigenvalue weighted by Crippen LogP contribution is 2.42. The SMILES string of the molecule is CCC/C(F)=C(\F)c1ccc(C2CCC(C3CCC(/C=C/C4CCC(C(F)(F)Oc5cc(F)c(F)c(F)c5)CC4)CC3)OC2)c(F)c1. The van der Waals surface area contributed by atoms with E-state index in [9.17, 15) is 35.1 Å². The predicted molar refractivity (Wildman–Crippen MR) is 164 cm³/mol. The fourth-order valence-electron chi connectivity index (χ4n) is 7.37. The zero-order valence-electron chi connectivity index (χ0n) is 26.5. The lowest BCUT2D eigenvalue weighted by Crippen LogP contribution is -2.37. The second-order valence-corrected chi connectivity index (χ2v) is 13.4. The summed E-state index contributed by atoms with van der Waals surface area (Å²) in [7, 11) is 0. The zero-order valence-corrected chi connectivity index (χ0v) is 26.5. The Labute approximate surface area is 271 Å². The third-order valence-corrected chi connectivity index (χ3v) is 10.2. The molecule has 2 saturated carbocycles. The molecule has 1 saturated heterocycles. The van der Waals surface area contributed by atoms with Gasteiger partial charge in [-0.05, 0) is 100 Å². The standard InChI is InChI=1S/C37H42F8O2/c1-2-3-30(38)35(42)25-12-16-29(31(39)18-25)26-13-17-34(46-21-26)24-10-6-22(7-11-24)4-5-23-8-14-27(15-9-23)37(44,45)47-28-19-32(40)36(43)33(41)20-28/h4-5,12,16,18-20,22-24,26-27,34H,2-3,6-11,13-15,17,21H2,1H3/b5-4+,35-30+. The molecule has 0 amide bonds. The average molecular weight is 671 g/mol. The molecule has 2 unspecified atom stereocenters. The Morgan fingerprint density at radius 2 is 1.43 bits per heavy atom. The lowest BCUT2D eigenvalue weighted by atomic mass is 9.76. The summed E-state index contributed by atoms with van der Waals surface area (Å²) in [6.45, 7) is 2.13. The second kappa shape index (κ2) is 15.6. The molecule has 47 heavy (non-hydrogen) atoms. The maximum absolute atomic E-state index is 14.9. The van der Waals surface area contributed by atoms with Crippen LogP contribution in [0.25, 0.3) is 5.83 Å². The van der Waals surface area contributed by atoms with Gasteiger partial charge >= 0.3 is 6.11 Å². The van der Waals surface area contributed by atoms with E-state index in [0.717, 1.165) is 44.6 Å². The van der Waals surface area contributed by atoms with Crippen LogP contribution < -0.4 is 4.74 Å². The number of alkyl halides is 2. The maximum Gasteiger partial charge on any atom is 0.400 e. The average Bonchev–Trinajstić information content (AvgIpc) is 3.06. The van der Waals surface area contributed by atoms with Gasteiger partial charge in [0.05, 0.1) is 18.6 Å². The van der Waals surface area contributed by atoms with Crippen LogP contribution >= 0.6 is 0 Å². The number of halogens is 8. The highest BCUT2D eigenvalue weighted by molar-refractivity contribution is 5.61. The number of hydrogen-bond donors (Lipinski definition) is 0. The van der Waals surface area contributed by atoms with Gasteiger partial charge in [0.15, 0.2) is 23.3 Å². The first-order valence-corrected chi connectivity index (χ1v) is 16.8. The van der Waals surface area contributed by atoms with Crippen LogP contribution in [0.15, 0.2) is 48.3 Å². The Morgan fingerprint density at radius 1 is 0.809 bits per heavy atom. The Bertz CT molecular complexity index is 1390. The summed E-state index contributed by atoms with van der Waals surface area (Å²) in [6.07, 6.45) is 8.29. The van der Waals surface area contributed by atoms with Crippen LogP contribution in [0, 0.1) is 46.9 Å². The number of allylic oxidation sites excluding steroid dienone is 3. The molecule has 3 fully saturated rings. The van der Waals surface area contributed by atoms with Gasteiger partial charge in [-0.2, -0.15) is 8.78 Å². The zero-order chi connectivity index (χ0) is 33.7. The van der Waals surface area contributed by atoms with Crippen molar-refractivity contribution in [3.8, 4) is 5.75 Å². The van der Waals surface area contributed by atoms with E-state index < -0.39 is 52.7 Å². The lowest BCUT2D eigenvalue weighted by molar-refractivity contribution is -0.223. The molecule has 0 N–H and O–H groups in total. The van der Waals surface area contributed by atoms with Gasteiger partial charge in [0, 0.05) is 30.0 Å². The summed E-state index contributed by atoms with van der Waals surface area (Å²) in [4.78, 5) is 0. The van der Waals surface area contributed by atoms with Crippen molar-refractivity contribution in [2.24, 2.45) is 23.7 Å². The molecular weight excluding hydrogens is 628 g/mol. The smallest absolute Gasteiger partial charge is 0.400 e. The minimum absolute atomic E-state index is 0.0227. The lowest BCUT2D eigenvalue weighted by Gasteiger charge is -2.37. The molecule has 5 rings (SSSR count). The van der Waals surface area contributed by atoms with E-state index in [4.69, 9.17) is 4.74 Å². The van der Waals surface area contributed by atoms with E-state index in [1.165, 1.54) is 6.07 Å². The van der Waals surface area contributed by atoms with Crippen molar-refractivity contribution in [3.63, 3.8) is 0 Å². The number of hydrogen-bond acceptors (Lipinski definition) is 2. The van der Waals surface area contributed by atoms with Crippen LogP contribution in [0.5, 0.6) is 5.75 Å². The molecule has 0 bridgehead atoms. The quantitative estimate of drug-likeness (QED) is 0.142. The van der Waals surface area contributed by atoms with E-state index in [1.807, 2.05) is 0 Å². The Hall–Kier alpha value is -2.88. The van der Waals surface area contributed by atoms with E-state index in [0.29, 0.717) is 55.4 Å². The number of rotatable bonds is 10. The molecule has 0 spiro atoms. The van der Waals surface area contributed by atoms with Crippen LogP contribution in [0.1, 0.15) is 101 Å². The van der Waals surface area contributed by atoms with Gasteiger partial charge in [-0.25, -0.2) is 26.3 Å². The first-order valence-electron chi connectivity index (χ1n) is 16.8. The third-order valence-electron chi connectivity index (χ3n) is 10.2. The number of ether oxygens (including phenoxy) is 2. The van der Waals surface area contributed by atoms with Crippen molar-refractivity contribution in [2.45, 2.75) is 102 Å². The summed E-state index contributed by atoms with van der Waals surface area (Å²) in [5, 5.41) is 0. The summed E-state index contributed by atoms with van der Waals surface area (Å²) in [6, 6.07) is 4.89. The molecule has 10 heteroatoms. The molecule has 3 aliphatic rings. The van der Waals surface area contributed by atoms with Gasteiger partial charge in [0.1, 0.15) is 17.4 Å². The molecule has 2 nitrogen and oxygen atoms in total. The van der Waals surface area contributed by atoms with Gasteiger partial charge in [-0.15, -0.1) is 0 Å². The van der Waals surface area contributed by atoms with E-state index >= 15 is 0 Å². The van der Waals surface area contributed by atoms with Crippen molar-refractivity contribution >= 4 is 5.83 Å². The molecule has 2 aromatic carbocycles. The van der Waals surface area contributed by atoms with E-state index in [1.54, 1.807) is 13.0 Å². The largest absolute Gasteiger partial charge is 0.432 e. The Kier molecular flexibility index (Phi) is 11.7. The summed E-state index contributed by atoms with van der Waals surface area (Å²) in [5.41, 5.74) is 0.381. The Morgan fingerprint density at radius 3 is 1.98 bits per heavy atom. The fourth-order valence-corrected chi connectivity index (χ4v) is 7.37. The van der Waals surface area contributed by atoms with Gasteiger partial charge < -0.3 is 9.47 Å². The van der Waals surface area contributed by atoms with Gasteiger partial charge in [-0.1, -0.05) is 31.2 Å². The summed E-state index contributed by atoms with van der Waals surface area (Å²) < 4.78 is 123. The van der Waals surface area contributed by atoms with Gasteiger partial charge in [0.25, 0.3) is 0 Å². The van der Waals surface area contributed by atoms with Crippen LogP contribution in [0.2, 0.25) is 0 Å². The first kappa shape index (κ1) is 35.4. The van der Waals surface area contributed by atoms with Crippen molar-refractivity contribution < 1.29 is 44.6 Å². The topological polar surface area (TPSA) is 18.5 Å². The van der Waals surface area contributed by atoms with Crippen molar-refractivity contribution in [1.29, 1.82) is 0 Å². The van der Waals surface area contributed by atoms with E-state index in [2.05, 4.69) is 16.9 Å². The van der Waals surface area contributed by atoms with Crippen LogP contribution in [-0.4, -0.2) is 18.8 Å². The molecule has 1 aliphatic heterocycles. The highest BCUT2D eigenvalue weighted by Gasteiger charge is 2.44. The van der Waals surface area contributed by atoms with Crippen LogP contribution in [-0.2, 0) is 4.74 Å². The molecular formula is C37H42F8O2. The normalized spacial score (nSPS) is 27.9. The Balaban J connectivity index is 1.03. The van der Waals surface area contributed by atoms with Gasteiger partial charge in [0.2, 0.25) is 0 Å². The molecule has 1 heterocycles. The molecule has 258 valence electrons. The van der Waals surface area contributed by atoms with Crippen LogP contribution in [0.3, 0.4) is 0 Å². The van der Waals surface area contributed by atoms with E-state index in [-0.39, 0.29) is 42.8 Å². The summed E-state index contributed by atoms with van der Waals surface area (Å²) >= 11 is 0. The highest BCUT2D eigenvalue weighted by atomic mass is 19.3. The molecule has 2 atom stereocenters. The predicted octanol–water partition coefficient (Wildman–Crippen LogP) is 11.8.